The van der Waals surface area contributed by atoms with Crippen molar-refractivity contribution in [2.45, 2.75) is 13.8 Å². The lowest BCUT2D eigenvalue weighted by molar-refractivity contribution is 0.111. The van der Waals surface area contributed by atoms with Gasteiger partial charge in [0.05, 0.1) is 19.3 Å². The van der Waals surface area contributed by atoms with Crippen LogP contribution >= 0.6 is 0 Å². The molecular formula is C12H15FO3. The van der Waals surface area contributed by atoms with Crippen LogP contribution in [0.1, 0.15) is 24.2 Å². The van der Waals surface area contributed by atoms with Crippen LogP contribution in [0.2, 0.25) is 0 Å². The molecule has 0 aliphatic heterocycles. The molecule has 16 heavy (non-hydrogen) atoms. The molecule has 4 heteroatoms. The number of aldehydes is 1. The molecule has 0 unspecified atom stereocenters. The molecule has 0 spiro atoms. The van der Waals surface area contributed by atoms with Gasteiger partial charge in [-0.15, -0.1) is 0 Å². The largest absolute Gasteiger partial charge is 0.494 e. The van der Waals surface area contributed by atoms with Gasteiger partial charge in [0, 0.05) is 0 Å². The Morgan fingerprint density at radius 1 is 1.44 bits per heavy atom. The van der Waals surface area contributed by atoms with Crippen molar-refractivity contribution in [2.75, 3.05) is 13.7 Å². The van der Waals surface area contributed by atoms with Gasteiger partial charge >= 0.3 is 0 Å². The molecule has 3 nitrogen and oxygen atoms in total. The van der Waals surface area contributed by atoms with Crippen LogP contribution < -0.4 is 9.47 Å². The Hall–Kier alpha value is -1.58. The Bertz CT molecular complexity index is 375. The van der Waals surface area contributed by atoms with E-state index in [-0.39, 0.29) is 23.0 Å². The van der Waals surface area contributed by atoms with Gasteiger partial charge in [-0.05, 0) is 18.1 Å². The van der Waals surface area contributed by atoms with Gasteiger partial charge in [-0.3, -0.25) is 4.79 Å². The van der Waals surface area contributed by atoms with Crippen LogP contribution in [0, 0.1) is 11.7 Å². The van der Waals surface area contributed by atoms with Crippen molar-refractivity contribution < 1.29 is 18.7 Å². The van der Waals surface area contributed by atoms with E-state index in [1.54, 1.807) is 0 Å². The van der Waals surface area contributed by atoms with Gasteiger partial charge in [-0.2, -0.15) is 4.39 Å². The van der Waals surface area contributed by atoms with E-state index in [2.05, 4.69) is 0 Å². The summed E-state index contributed by atoms with van der Waals surface area (Å²) in [7, 11) is 1.37. The molecule has 0 aliphatic rings. The number of benzene rings is 1. The van der Waals surface area contributed by atoms with Gasteiger partial charge in [-0.25, -0.2) is 0 Å². The highest BCUT2D eigenvalue weighted by molar-refractivity contribution is 5.80. The Morgan fingerprint density at radius 3 is 2.62 bits per heavy atom. The normalized spacial score (nSPS) is 10.3. The summed E-state index contributed by atoms with van der Waals surface area (Å²) in [5, 5.41) is 0. The molecule has 88 valence electrons. The summed E-state index contributed by atoms with van der Waals surface area (Å²) in [6.07, 6.45) is 0.568. The van der Waals surface area contributed by atoms with Crippen molar-refractivity contribution in [1.82, 2.24) is 0 Å². The predicted octanol–water partition coefficient (Wildman–Crippen LogP) is 2.68. The number of hydrogen-bond donors (Lipinski definition) is 0. The lowest BCUT2D eigenvalue weighted by Crippen LogP contribution is -2.08. The molecule has 1 rings (SSSR count). The van der Waals surface area contributed by atoms with Crippen molar-refractivity contribution in [3.05, 3.63) is 23.5 Å². The Kier molecular flexibility index (Phi) is 4.28. The first kappa shape index (κ1) is 12.5. The molecule has 0 radical (unpaired) electrons. The maximum Gasteiger partial charge on any atom is 0.207 e. The van der Waals surface area contributed by atoms with Crippen molar-refractivity contribution in [1.29, 1.82) is 0 Å². The number of rotatable bonds is 5. The molecule has 1 aromatic carbocycles. The zero-order valence-corrected chi connectivity index (χ0v) is 9.62. The van der Waals surface area contributed by atoms with Gasteiger partial charge in [0.15, 0.2) is 17.8 Å². The monoisotopic (exact) mass is 226 g/mol. The van der Waals surface area contributed by atoms with Crippen LogP contribution in [-0.2, 0) is 0 Å². The van der Waals surface area contributed by atoms with Crippen molar-refractivity contribution in [3.63, 3.8) is 0 Å². The van der Waals surface area contributed by atoms with E-state index in [4.69, 9.17) is 9.47 Å². The van der Waals surface area contributed by atoms with Crippen LogP contribution in [0.3, 0.4) is 0 Å². The van der Waals surface area contributed by atoms with E-state index in [9.17, 15) is 9.18 Å². The average molecular weight is 226 g/mol. The summed E-state index contributed by atoms with van der Waals surface area (Å²) < 4.78 is 23.9. The molecule has 0 bridgehead atoms. The van der Waals surface area contributed by atoms with E-state index in [0.29, 0.717) is 12.9 Å². The Labute approximate surface area is 94.2 Å². The second-order valence-corrected chi connectivity index (χ2v) is 3.82. The zero-order valence-electron chi connectivity index (χ0n) is 9.62. The van der Waals surface area contributed by atoms with Crippen LogP contribution in [0.25, 0.3) is 0 Å². The van der Waals surface area contributed by atoms with Gasteiger partial charge in [0.25, 0.3) is 0 Å². The third kappa shape index (κ3) is 2.72. The van der Waals surface area contributed by atoms with Crippen molar-refractivity contribution in [3.8, 4) is 11.5 Å². The molecule has 0 amide bonds. The molecule has 1 aromatic rings. The maximum absolute atomic E-state index is 13.8. The van der Waals surface area contributed by atoms with Crippen molar-refractivity contribution >= 4 is 6.29 Å². The Morgan fingerprint density at radius 2 is 2.12 bits per heavy atom. The first-order chi connectivity index (χ1) is 7.60. The van der Waals surface area contributed by atoms with Gasteiger partial charge in [0.2, 0.25) is 5.82 Å². The average Bonchev–Trinajstić information content (AvgIpc) is 2.26. The highest BCUT2D eigenvalue weighted by Crippen LogP contribution is 2.29. The molecule has 0 heterocycles. The number of halogens is 1. The molecule has 0 aliphatic carbocycles. The first-order valence-electron chi connectivity index (χ1n) is 5.04. The minimum absolute atomic E-state index is 0.0388. The topological polar surface area (TPSA) is 35.5 Å². The van der Waals surface area contributed by atoms with Crippen LogP contribution in [0.5, 0.6) is 11.5 Å². The van der Waals surface area contributed by atoms with E-state index in [1.165, 1.54) is 19.2 Å². The summed E-state index contributed by atoms with van der Waals surface area (Å²) in [4.78, 5) is 10.7. The molecule has 0 N–H and O–H groups in total. The van der Waals surface area contributed by atoms with E-state index in [1.807, 2.05) is 13.8 Å². The molecular weight excluding hydrogens is 211 g/mol. The number of hydrogen-bond acceptors (Lipinski definition) is 3. The van der Waals surface area contributed by atoms with Gasteiger partial charge in [0.1, 0.15) is 0 Å². The highest BCUT2D eigenvalue weighted by Gasteiger charge is 2.15. The lowest BCUT2D eigenvalue weighted by atomic mass is 10.2. The van der Waals surface area contributed by atoms with Crippen molar-refractivity contribution in [2.24, 2.45) is 5.92 Å². The maximum atomic E-state index is 13.8. The van der Waals surface area contributed by atoms with Crippen LogP contribution in [-0.4, -0.2) is 20.0 Å². The summed E-state index contributed by atoms with van der Waals surface area (Å²) in [6, 6.07) is 2.88. The quantitative estimate of drug-likeness (QED) is 0.724. The standard InChI is InChI=1S/C12H15FO3/c1-8(2)7-16-12-9(6-14)4-5-10(15-3)11(12)13/h4-6,8H,7H2,1-3H3. The number of carbonyl (C=O) groups excluding carboxylic acids is 1. The third-order valence-electron chi connectivity index (χ3n) is 2.00. The summed E-state index contributed by atoms with van der Waals surface area (Å²) in [5.41, 5.74) is 0.193. The molecule has 0 saturated carbocycles. The second-order valence-electron chi connectivity index (χ2n) is 3.82. The molecule has 0 atom stereocenters. The molecule has 0 aromatic heterocycles. The van der Waals surface area contributed by atoms with Crippen LogP contribution in [0.15, 0.2) is 12.1 Å². The fraction of sp³-hybridized carbons (Fsp3) is 0.417. The predicted molar refractivity (Wildman–Crippen MR) is 58.7 cm³/mol. The smallest absolute Gasteiger partial charge is 0.207 e. The number of methoxy groups -OCH3 is 1. The lowest BCUT2D eigenvalue weighted by Gasteiger charge is -2.13. The van der Waals surface area contributed by atoms with E-state index >= 15 is 0 Å². The van der Waals surface area contributed by atoms with E-state index in [0.717, 1.165) is 0 Å². The summed E-state index contributed by atoms with van der Waals surface area (Å²) >= 11 is 0. The number of carbonyl (C=O) groups is 1. The third-order valence-corrected chi connectivity index (χ3v) is 2.00. The minimum Gasteiger partial charge on any atom is -0.494 e. The highest BCUT2D eigenvalue weighted by atomic mass is 19.1. The summed E-state index contributed by atoms with van der Waals surface area (Å²) in [5.74, 6) is -0.342. The Balaban J connectivity index is 3.06. The van der Waals surface area contributed by atoms with Gasteiger partial charge in [-0.1, -0.05) is 13.8 Å². The first-order valence-corrected chi connectivity index (χ1v) is 5.04. The fourth-order valence-corrected chi connectivity index (χ4v) is 1.20. The SMILES string of the molecule is COc1ccc(C=O)c(OCC(C)C)c1F. The van der Waals surface area contributed by atoms with E-state index < -0.39 is 5.82 Å². The summed E-state index contributed by atoms with van der Waals surface area (Å²) in [6.45, 7) is 4.24. The van der Waals surface area contributed by atoms with Gasteiger partial charge < -0.3 is 9.47 Å². The zero-order chi connectivity index (χ0) is 12.1. The molecule has 0 saturated heterocycles. The van der Waals surface area contributed by atoms with Crippen LogP contribution in [0.4, 0.5) is 4.39 Å². The minimum atomic E-state index is -0.632. The molecule has 0 fully saturated rings. The fourth-order valence-electron chi connectivity index (χ4n) is 1.20. The number of ether oxygens (including phenoxy) is 2. The second kappa shape index (κ2) is 5.49.